The zero-order valence-corrected chi connectivity index (χ0v) is 22.1. The van der Waals surface area contributed by atoms with Gasteiger partial charge < -0.3 is 26.7 Å². The fourth-order valence-corrected chi connectivity index (χ4v) is 5.17. The maximum absolute atomic E-state index is 13.1. The number of carbonyl (C=O) groups is 2. The molecule has 0 spiro atoms. The third-order valence-electron chi connectivity index (χ3n) is 7.59. The Bertz CT molecular complexity index is 1480. The van der Waals surface area contributed by atoms with E-state index in [9.17, 15) is 9.59 Å². The van der Waals surface area contributed by atoms with E-state index in [-0.39, 0.29) is 17.4 Å². The van der Waals surface area contributed by atoms with Crippen LogP contribution in [0.2, 0.25) is 0 Å². The van der Waals surface area contributed by atoms with Crippen molar-refractivity contribution in [1.82, 2.24) is 20.1 Å². The summed E-state index contributed by atoms with van der Waals surface area (Å²) >= 11 is 0. The van der Waals surface area contributed by atoms with Gasteiger partial charge in [-0.1, -0.05) is 26.0 Å². The molecule has 5 rings (SSSR count). The van der Waals surface area contributed by atoms with Gasteiger partial charge in [0.15, 0.2) is 0 Å². The van der Waals surface area contributed by atoms with Crippen molar-refractivity contribution in [2.45, 2.75) is 38.1 Å². The van der Waals surface area contributed by atoms with E-state index in [0.29, 0.717) is 29.7 Å². The van der Waals surface area contributed by atoms with Gasteiger partial charge in [0.2, 0.25) is 0 Å². The summed E-state index contributed by atoms with van der Waals surface area (Å²) in [6, 6.07) is 13.5. The summed E-state index contributed by atoms with van der Waals surface area (Å²) in [5, 5.41) is 8.41. The van der Waals surface area contributed by atoms with Crippen molar-refractivity contribution in [2.24, 2.45) is 18.5 Å². The maximum atomic E-state index is 13.1. The number of aromatic nitrogens is 3. The van der Waals surface area contributed by atoms with Crippen molar-refractivity contribution in [1.29, 1.82) is 0 Å². The Morgan fingerprint density at radius 3 is 2.61 bits per heavy atom. The molecular formula is C29H35N7O2. The van der Waals surface area contributed by atoms with E-state index in [2.05, 4.69) is 34.1 Å². The minimum Gasteiger partial charge on any atom is -0.369 e. The van der Waals surface area contributed by atoms with E-state index in [4.69, 9.17) is 11.5 Å². The van der Waals surface area contributed by atoms with Gasteiger partial charge in [-0.05, 0) is 48.7 Å². The van der Waals surface area contributed by atoms with Crippen LogP contribution in [-0.2, 0) is 12.5 Å². The topological polar surface area (TPSA) is 135 Å². The van der Waals surface area contributed by atoms with E-state index >= 15 is 0 Å². The van der Waals surface area contributed by atoms with Gasteiger partial charge in [-0.3, -0.25) is 14.3 Å². The molecular weight excluding hydrogens is 478 g/mol. The van der Waals surface area contributed by atoms with Crippen LogP contribution in [0.25, 0.3) is 22.2 Å². The first kappa shape index (κ1) is 25.5. The number of hydrogen-bond donors (Lipinski definition) is 4. The molecule has 6 N–H and O–H groups in total. The molecule has 1 atom stereocenters. The summed E-state index contributed by atoms with van der Waals surface area (Å²) < 4.78 is 1.74. The van der Waals surface area contributed by atoms with Gasteiger partial charge in [0.05, 0.1) is 17.3 Å². The quantitative estimate of drug-likeness (QED) is 0.301. The van der Waals surface area contributed by atoms with Crippen molar-refractivity contribution in [3.05, 3.63) is 71.5 Å². The third-order valence-corrected chi connectivity index (χ3v) is 7.59. The number of anilines is 1. The zero-order valence-electron chi connectivity index (χ0n) is 22.1. The highest BCUT2D eigenvalue weighted by molar-refractivity contribution is 6.10. The summed E-state index contributed by atoms with van der Waals surface area (Å²) in [5.41, 5.74) is 17.2. The Kier molecular flexibility index (Phi) is 6.71. The van der Waals surface area contributed by atoms with Crippen molar-refractivity contribution < 1.29 is 9.59 Å². The number of amides is 2. The lowest BCUT2D eigenvalue weighted by Crippen LogP contribution is -2.47. The SMILES string of the molecule is Cn1cc(-c2cc3c(N4CCC[C@@H](NC(=O)c5ccc(C(C)(C)CN)cc5)C4)ccc(C(N)=O)c3[nH]2)cn1. The highest BCUT2D eigenvalue weighted by Gasteiger charge is 2.25. The monoisotopic (exact) mass is 513 g/mol. The summed E-state index contributed by atoms with van der Waals surface area (Å²) in [6.07, 6.45) is 5.54. The van der Waals surface area contributed by atoms with Crippen molar-refractivity contribution in [2.75, 3.05) is 24.5 Å². The molecule has 198 valence electrons. The maximum Gasteiger partial charge on any atom is 0.251 e. The molecule has 0 saturated carbocycles. The second-order valence-corrected chi connectivity index (χ2v) is 10.8. The third kappa shape index (κ3) is 4.89. The molecule has 1 aliphatic rings. The van der Waals surface area contributed by atoms with Gasteiger partial charge in [-0.15, -0.1) is 0 Å². The number of piperidine rings is 1. The van der Waals surface area contributed by atoms with E-state index in [1.165, 1.54) is 0 Å². The molecule has 0 aliphatic carbocycles. The number of aromatic amines is 1. The number of fused-ring (bicyclic) bond motifs is 1. The van der Waals surface area contributed by atoms with Crippen LogP contribution in [0.3, 0.4) is 0 Å². The fourth-order valence-electron chi connectivity index (χ4n) is 5.17. The summed E-state index contributed by atoms with van der Waals surface area (Å²) in [6.45, 7) is 6.25. The van der Waals surface area contributed by atoms with Gasteiger partial charge in [-0.2, -0.15) is 5.10 Å². The first-order chi connectivity index (χ1) is 18.2. The zero-order chi connectivity index (χ0) is 27.0. The average molecular weight is 514 g/mol. The second kappa shape index (κ2) is 9.98. The largest absolute Gasteiger partial charge is 0.369 e. The fraction of sp³-hybridized carbons (Fsp3) is 0.345. The van der Waals surface area contributed by atoms with Crippen LogP contribution in [0.5, 0.6) is 0 Å². The predicted molar refractivity (Wildman–Crippen MR) is 150 cm³/mol. The molecule has 9 heteroatoms. The molecule has 38 heavy (non-hydrogen) atoms. The van der Waals surface area contributed by atoms with Gasteiger partial charge >= 0.3 is 0 Å². The van der Waals surface area contributed by atoms with E-state index in [0.717, 1.165) is 47.3 Å². The number of carbonyl (C=O) groups excluding carboxylic acids is 2. The molecule has 2 aromatic carbocycles. The Morgan fingerprint density at radius 1 is 1.18 bits per heavy atom. The first-order valence-corrected chi connectivity index (χ1v) is 13.0. The lowest BCUT2D eigenvalue weighted by molar-refractivity contribution is 0.0932. The number of nitrogens with zero attached hydrogens (tertiary/aromatic N) is 3. The van der Waals surface area contributed by atoms with E-state index < -0.39 is 5.91 Å². The summed E-state index contributed by atoms with van der Waals surface area (Å²) in [4.78, 5) is 30.9. The van der Waals surface area contributed by atoms with Crippen LogP contribution in [0.15, 0.2) is 54.9 Å². The summed E-state index contributed by atoms with van der Waals surface area (Å²) in [5.74, 6) is -0.561. The Hall–Kier alpha value is -4.11. The van der Waals surface area contributed by atoms with Gasteiger partial charge in [0, 0.05) is 72.2 Å². The summed E-state index contributed by atoms with van der Waals surface area (Å²) in [7, 11) is 1.86. The second-order valence-electron chi connectivity index (χ2n) is 10.8. The minimum absolute atomic E-state index is 0.000915. The normalized spacial score (nSPS) is 16.1. The van der Waals surface area contributed by atoms with Crippen LogP contribution in [0.1, 0.15) is 53.0 Å². The van der Waals surface area contributed by atoms with E-state index in [1.807, 2.05) is 49.6 Å². The number of primary amides is 1. The lowest BCUT2D eigenvalue weighted by atomic mass is 9.84. The molecule has 1 saturated heterocycles. The molecule has 2 amide bonds. The van der Waals surface area contributed by atoms with E-state index in [1.54, 1.807) is 16.9 Å². The molecule has 9 nitrogen and oxygen atoms in total. The Balaban J connectivity index is 1.38. The molecule has 0 bridgehead atoms. The highest BCUT2D eigenvalue weighted by atomic mass is 16.2. The van der Waals surface area contributed by atoms with Crippen molar-refractivity contribution >= 4 is 28.4 Å². The number of aryl methyl sites for hydroxylation is 1. The molecule has 1 fully saturated rings. The van der Waals surface area contributed by atoms with Gasteiger partial charge in [-0.25, -0.2) is 0 Å². The van der Waals surface area contributed by atoms with Crippen LogP contribution in [-0.4, -0.2) is 52.3 Å². The van der Waals surface area contributed by atoms with Crippen LogP contribution < -0.4 is 21.7 Å². The predicted octanol–water partition coefficient (Wildman–Crippen LogP) is 3.30. The van der Waals surface area contributed by atoms with Crippen molar-refractivity contribution in [3.63, 3.8) is 0 Å². The standard InChI is InChI=1S/C29H35N7O2/c1-29(2,17-30)20-8-6-18(7-9-20)28(38)33-21-5-4-12-36(16-21)25-11-10-22(27(31)37)26-23(25)13-24(34-26)19-14-32-35(3)15-19/h6-11,13-15,21,34H,4-5,12,16-17,30H2,1-3H3,(H2,31,37)(H,33,38)/t21-/m1/s1. The van der Waals surface area contributed by atoms with Gasteiger partial charge in [0.1, 0.15) is 0 Å². The Morgan fingerprint density at radius 2 is 1.95 bits per heavy atom. The van der Waals surface area contributed by atoms with Gasteiger partial charge in [0.25, 0.3) is 11.8 Å². The number of rotatable bonds is 7. The number of H-pyrrole nitrogens is 1. The molecule has 4 aromatic rings. The van der Waals surface area contributed by atoms with Crippen molar-refractivity contribution in [3.8, 4) is 11.3 Å². The lowest BCUT2D eigenvalue weighted by Gasteiger charge is -2.35. The Labute approximate surface area is 222 Å². The minimum atomic E-state index is -0.481. The first-order valence-electron chi connectivity index (χ1n) is 13.0. The molecule has 2 aromatic heterocycles. The highest BCUT2D eigenvalue weighted by Crippen LogP contribution is 2.35. The van der Waals surface area contributed by atoms with Crippen LogP contribution in [0, 0.1) is 0 Å². The number of nitrogens with one attached hydrogen (secondary N) is 2. The van der Waals surface area contributed by atoms with Crippen LogP contribution >= 0.6 is 0 Å². The molecule has 3 heterocycles. The number of nitrogens with two attached hydrogens (primary N) is 2. The smallest absolute Gasteiger partial charge is 0.251 e. The molecule has 0 unspecified atom stereocenters. The molecule has 0 radical (unpaired) electrons. The number of benzene rings is 2. The number of hydrogen-bond acceptors (Lipinski definition) is 5. The van der Waals surface area contributed by atoms with Crippen LogP contribution in [0.4, 0.5) is 5.69 Å². The average Bonchev–Trinajstić information content (AvgIpc) is 3.54. The molecule has 1 aliphatic heterocycles.